The summed E-state index contributed by atoms with van der Waals surface area (Å²) in [5.74, 6) is 0.384. The Kier molecular flexibility index (Phi) is 4.13. The van der Waals surface area contributed by atoms with Gasteiger partial charge in [-0.1, -0.05) is 23.9 Å². The number of fused-ring (bicyclic) bond motifs is 1. The molecular formula is C15H12N4OS2. The molecule has 0 radical (unpaired) electrons. The van der Waals surface area contributed by atoms with Crippen LogP contribution in [0, 0.1) is 11.3 Å². The molecule has 0 unspecified atom stereocenters. The minimum Gasteiger partial charge on any atom is -0.510 e. The van der Waals surface area contributed by atoms with Crippen molar-refractivity contribution in [3.63, 3.8) is 0 Å². The maximum absolute atomic E-state index is 10.4. The molecule has 0 fully saturated rings. The van der Waals surface area contributed by atoms with E-state index in [-0.39, 0.29) is 16.6 Å². The van der Waals surface area contributed by atoms with Crippen molar-refractivity contribution < 1.29 is 5.11 Å². The van der Waals surface area contributed by atoms with Crippen LogP contribution in [0.1, 0.15) is 12.7 Å². The lowest BCUT2D eigenvalue weighted by Crippen LogP contribution is -2.04. The smallest absolute Gasteiger partial charge is 0.152 e. The summed E-state index contributed by atoms with van der Waals surface area (Å²) in [5.41, 5.74) is 1.75. The number of nitriles is 1. The summed E-state index contributed by atoms with van der Waals surface area (Å²) < 4.78 is 0.848. The second kappa shape index (κ2) is 6.22. The summed E-state index contributed by atoms with van der Waals surface area (Å²) in [6.45, 7) is 1.83. The molecule has 2 heterocycles. The van der Waals surface area contributed by atoms with Crippen molar-refractivity contribution in [3.05, 3.63) is 47.4 Å². The normalized spacial score (nSPS) is 13.6. The number of nitrogens with zero attached hydrogens (tertiary/aromatic N) is 3. The zero-order valence-electron chi connectivity index (χ0n) is 11.6. The van der Waals surface area contributed by atoms with Gasteiger partial charge in [0.25, 0.3) is 0 Å². The summed E-state index contributed by atoms with van der Waals surface area (Å²) in [6, 6.07) is 9.55. The Morgan fingerprint density at radius 3 is 2.95 bits per heavy atom. The van der Waals surface area contributed by atoms with Crippen molar-refractivity contribution in [2.75, 3.05) is 0 Å². The molecule has 22 heavy (non-hydrogen) atoms. The molecule has 3 rings (SSSR count). The van der Waals surface area contributed by atoms with Crippen molar-refractivity contribution in [1.82, 2.24) is 15.0 Å². The minimum atomic E-state index is -0.283. The molecule has 0 aliphatic heterocycles. The number of thioether (sulfide) groups is 1. The molecule has 2 aromatic heterocycles. The summed E-state index contributed by atoms with van der Waals surface area (Å²) >= 11 is 2.91. The van der Waals surface area contributed by atoms with Crippen LogP contribution in [-0.4, -0.2) is 25.3 Å². The molecular weight excluding hydrogens is 316 g/mol. The summed E-state index contributed by atoms with van der Waals surface area (Å²) in [7, 11) is 0. The van der Waals surface area contributed by atoms with E-state index >= 15 is 0 Å². The fraction of sp³-hybridized carbons (Fsp3) is 0.133. The van der Waals surface area contributed by atoms with Crippen molar-refractivity contribution >= 4 is 39.7 Å². The quantitative estimate of drug-likeness (QED) is 0.429. The van der Waals surface area contributed by atoms with Gasteiger partial charge in [0.05, 0.1) is 16.3 Å². The van der Waals surface area contributed by atoms with E-state index in [1.807, 2.05) is 42.6 Å². The van der Waals surface area contributed by atoms with Gasteiger partial charge in [-0.05, 0) is 19.1 Å². The van der Waals surface area contributed by atoms with Gasteiger partial charge in [-0.25, -0.2) is 9.97 Å². The molecule has 5 nitrogen and oxygen atoms in total. The molecule has 0 spiro atoms. The third-order valence-corrected chi connectivity index (χ3v) is 5.09. The van der Waals surface area contributed by atoms with Crippen LogP contribution in [0.2, 0.25) is 0 Å². The van der Waals surface area contributed by atoms with Gasteiger partial charge in [-0.3, -0.25) is 0 Å². The van der Waals surface area contributed by atoms with Crippen molar-refractivity contribution in [3.8, 4) is 6.07 Å². The highest BCUT2D eigenvalue weighted by Gasteiger charge is 2.19. The Hall–Kier alpha value is -2.30. The average Bonchev–Trinajstić information content (AvgIpc) is 3.16. The molecule has 7 heteroatoms. The summed E-state index contributed by atoms with van der Waals surface area (Å²) in [5, 5.41) is 21.4. The van der Waals surface area contributed by atoms with Gasteiger partial charge in [0.2, 0.25) is 0 Å². The van der Waals surface area contributed by atoms with Crippen LogP contribution < -0.4 is 0 Å². The topological polar surface area (TPSA) is 85.6 Å². The average molecular weight is 328 g/mol. The molecule has 0 saturated carbocycles. The fourth-order valence-electron chi connectivity index (χ4n) is 1.98. The maximum atomic E-state index is 10.4. The van der Waals surface area contributed by atoms with Crippen molar-refractivity contribution in [2.24, 2.45) is 0 Å². The number of imidazole rings is 1. The van der Waals surface area contributed by atoms with Crippen LogP contribution in [0.5, 0.6) is 0 Å². The largest absolute Gasteiger partial charge is 0.510 e. The molecule has 0 saturated heterocycles. The number of thiazole rings is 1. The number of H-pyrrole nitrogens is 1. The molecule has 1 aromatic carbocycles. The number of aliphatic hydroxyl groups is 1. The van der Waals surface area contributed by atoms with Crippen LogP contribution in [0.3, 0.4) is 0 Å². The predicted octanol–water partition coefficient (Wildman–Crippen LogP) is 3.99. The number of aliphatic hydroxyl groups excluding tert-OH is 1. The van der Waals surface area contributed by atoms with Crippen LogP contribution in [0.15, 0.2) is 45.9 Å². The zero-order chi connectivity index (χ0) is 15.5. The highest BCUT2D eigenvalue weighted by atomic mass is 32.2. The zero-order valence-corrected chi connectivity index (χ0v) is 13.3. The predicted molar refractivity (Wildman–Crippen MR) is 88.7 cm³/mol. The van der Waals surface area contributed by atoms with Gasteiger partial charge < -0.3 is 10.1 Å². The lowest BCUT2D eigenvalue weighted by Gasteiger charge is -2.09. The van der Waals surface area contributed by atoms with Crippen LogP contribution in [0.4, 0.5) is 0 Å². The Balaban J connectivity index is 1.95. The number of rotatable bonds is 4. The van der Waals surface area contributed by atoms with E-state index < -0.39 is 0 Å². The first-order chi connectivity index (χ1) is 10.7. The Labute approximate surface area is 135 Å². The van der Waals surface area contributed by atoms with E-state index in [2.05, 4.69) is 15.0 Å². The van der Waals surface area contributed by atoms with Crippen LogP contribution in [-0.2, 0) is 0 Å². The first kappa shape index (κ1) is 14.6. The lowest BCUT2D eigenvalue weighted by atomic mass is 10.2. The number of hydrogen-bond donors (Lipinski definition) is 2. The molecule has 1 atom stereocenters. The maximum Gasteiger partial charge on any atom is 0.152 e. The van der Waals surface area contributed by atoms with Crippen LogP contribution >= 0.6 is 23.1 Å². The van der Waals surface area contributed by atoms with E-state index in [1.54, 1.807) is 6.20 Å². The highest BCUT2D eigenvalue weighted by molar-refractivity contribution is 8.01. The molecule has 110 valence electrons. The van der Waals surface area contributed by atoms with E-state index in [0.717, 1.165) is 15.4 Å². The number of nitrogens with one attached hydrogen (secondary N) is 1. The molecule has 0 aliphatic carbocycles. The fourth-order valence-corrected chi connectivity index (χ4v) is 3.82. The number of aromatic nitrogens is 3. The Bertz CT molecular complexity index is 828. The molecule has 3 aromatic rings. The third-order valence-electron chi connectivity index (χ3n) is 3.07. The van der Waals surface area contributed by atoms with E-state index in [0.29, 0.717) is 5.82 Å². The first-order valence-electron chi connectivity index (χ1n) is 6.53. The summed E-state index contributed by atoms with van der Waals surface area (Å²) in [6.07, 6.45) is 1.71. The first-order valence-corrected chi connectivity index (χ1v) is 8.29. The number of aromatic amines is 1. The molecule has 2 N–H and O–H groups in total. The Morgan fingerprint density at radius 1 is 1.45 bits per heavy atom. The monoisotopic (exact) mass is 328 g/mol. The van der Waals surface area contributed by atoms with Gasteiger partial charge in [0.1, 0.15) is 21.7 Å². The van der Waals surface area contributed by atoms with Gasteiger partial charge in [0, 0.05) is 11.6 Å². The van der Waals surface area contributed by atoms with E-state index in [4.69, 9.17) is 0 Å². The van der Waals surface area contributed by atoms with Gasteiger partial charge >= 0.3 is 0 Å². The highest BCUT2D eigenvalue weighted by Crippen LogP contribution is 2.31. The van der Waals surface area contributed by atoms with Crippen LogP contribution in [0.25, 0.3) is 16.6 Å². The molecule has 0 aliphatic rings. The van der Waals surface area contributed by atoms with E-state index in [1.165, 1.54) is 23.1 Å². The van der Waals surface area contributed by atoms with Gasteiger partial charge in [0.15, 0.2) is 5.82 Å². The number of allylic oxidation sites excluding steroid dienone is 1. The van der Waals surface area contributed by atoms with Crippen molar-refractivity contribution in [2.45, 2.75) is 16.5 Å². The minimum absolute atomic E-state index is 0.00163. The molecule has 0 amide bonds. The Morgan fingerprint density at radius 2 is 2.27 bits per heavy atom. The van der Waals surface area contributed by atoms with E-state index in [9.17, 15) is 10.4 Å². The summed E-state index contributed by atoms with van der Waals surface area (Å²) in [4.78, 5) is 11.6. The second-order valence-corrected chi connectivity index (χ2v) is 7.02. The molecule has 0 bridgehead atoms. The van der Waals surface area contributed by atoms with Crippen molar-refractivity contribution in [1.29, 1.82) is 5.26 Å². The standard InChI is InChI=1S/C15H12N4OS2/c1-9(22-15-17-6-7-21-15)13(20)10(8-16)14-18-11-4-2-3-5-12(11)19-14/h2-7,9,20H,1H3,(H,18,19)/t9-/m0/s1. The van der Waals surface area contributed by atoms with Gasteiger partial charge in [-0.2, -0.15) is 5.26 Å². The number of benzene rings is 1. The number of para-hydroxylation sites is 2. The third kappa shape index (κ3) is 2.84. The lowest BCUT2D eigenvalue weighted by molar-refractivity contribution is 0.402. The SMILES string of the molecule is C[C@H](Sc1nccs1)C(O)=C(C#N)c1nc2ccccc2[nH]1. The number of hydrogen-bond acceptors (Lipinski definition) is 6. The van der Waals surface area contributed by atoms with Gasteiger partial charge in [-0.15, -0.1) is 11.3 Å². The second-order valence-electron chi connectivity index (χ2n) is 4.53.